The van der Waals surface area contributed by atoms with Crippen LogP contribution in [0.1, 0.15) is 43.9 Å². The lowest BCUT2D eigenvalue weighted by Gasteiger charge is -2.20. The molecule has 0 aromatic heterocycles. The molecule has 0 aliphatic heterocycles. The Labute approximate surface area is 180 Å². The molecule has 0 spiro atoms. The Kier molecular flexibility index (Phi) is 8.29. The van der Waals surface area contributed by atoms with Gasteiger partial charge in [-0.05, 0) is 60.2 Å². The predicted octanol–water partition coefficient (Wildman–Crippen LogP) is 3.68. The van der Waals surface area contributed by atoms with E-state index in [1.165, 1.54) is 22.5 Å². The fourth-order valence-corrected chi connectivity index (χ4v) is 3.62. The molecule has 0 heterocycles. The average Bonchev–Trinajstić information content (AvgIpc) is 2.74. The number of anilines is 1. The minimum Gasteiger partial charge on any atom is -0.481 e. The summed E-state index contributed by atoms with van der Waals surface area (Å²) in [6.07, 6.45) is 2.91. The summed E-state index contributed by atoms with van der Waals surface area (Å²) in [5.74, 6) is 0.351. The Morgan fingerprint density at radius 2 is 1.70 bits per heavy atom. The van der Waals surface area contributed by atoms with Crippen molar-refractivity contribution < 1.29 is 17.9 Å². The van der Waals surface area contributed by atoms with Gasteiger partial charge in [-0.25, -0.2) is 8.42 Å². The molecule has 0 unspecified atom stereocenters. The molecule has 1 amide bonds. The van der Waals surface area contributed by atoms with Crippen LogP contribution in [0.3, 0.4) is 0 Å². The van der Waals surface area contributed by atoms with Crippen LogP contribution in [-0.2, 0) is 34.2 Å². The van der Waals surface area contributed by atoms with Gasteiger partial charge in [0.05, 0.1) is 11.9 Å². The van der Waals surface area contributed by atoms with Crippen LogP contribution in [-0.4, -0.2) is 33.7 Å². The minimum absolute atomic E-state index is 0.168. The Hall–Kier alpha value is -2.54. The first-order valence-corrected chi connectivity index (χ1v) is 12.1. The van der Waals surface area contributed by atoms with Gasteiger partial charge in [0.25, 0.3) is 5.91 Å². The number of nitrogens with one attached hydrogen (secondary N) is 1. The van der Waals surface area contributed by atoms with Gasteiger partial charge in [0.15, 0.2) is 6.10 Å². The highest BCUT2D eigenvalue weighted by Crippen LogP contribution is 2.21. The quantitative estimate of drug-likeness (QED) is 0.621. The second kappa shape index (κ2) is 10.5. The molecule has 0 bridgehead atoms. The molecule has 0 radical (unpaired) electrons. The van der Waals surface area contributed by atoms with Gasteiger partial charge in [0, 0.05) is 13.6 Å². The van der Waals surface area contributed by atoms with Gasteiger partial charge in [-0.15, -0.1) is 0 Å². The molecule has 164 valence electrons. The molecule has 0 fully saturated rings. The van der Waals surface area contributed by atoms with Gasteiger partial charge in [0.2, 0.25) is 10.0 Å². The van der Waals surface area contributed by atoms with Gasteiger partial charge in [-0.3, -0.25) is 9.10 Å². The molecule has 2 aromatic carbocycles. The maximum absolute atomic E-state index is 12.7. The summed E-state index contributed by atoms with van der Waals surface area (Å²) in [6, 6.07) is 13.1. The third-order valence-electron chi connectivity index (χ3n) is 5.15. The Morgan fingerprint density at radius 3 is 2.23 bits per heavy atom. The lowest BCUT2D eigenvalue weighted by Crippen LogP contribution is -2.37. The van der Waals surface area contributed by atoms with E-state index in [9.17, 15) is 13.2 Å². The summed E-state index contributed by atoms with van der Waals surface area (Å²) in [4.78, 5) is 12.7. The third kappa shape index (κ3) is 6.23. The molecule has 0 aliphatic carbocycles. The van der Waals surface area contributed by atoms with Crippen molar-refractivity contribution >= 4 is 21.6 Å². The van der Waals surface area contributed by atoms with E-state index in [1.807, 2.05) is 6.92 Å². The van der Waals surface area contributed by atoms with E-state index in [1.54, 1.807) is 24.3 Å². The lowest BCUT2D eigenvalue weighted by molar-refractivity contribution is -0.128. The van der Waals surface area contributed by atoms with Crippen LogP contribution >= 0.6 is 0 Å². The van der Waals surface area contributed by atoms with E-state index >= 15 is 0 Å². The molecule has 0 saturated heterocycles. The maximum Gasteiger partial charge on any atom is 0.261 e. The third-order valence-corrected chi connectivity index (χ3v) is 6.36. The number of nitrogens with zero attached hydrogens (tertiary/aromatic N) is 1. The fraction of sp³-hybridized carbons (Fsp3) is 0.435. The molecular formula is C23H32N2O4S. The van der Waals surface area contributed by atoms with Crippen molar-refractivity contribution in [3.05, 3.63) is 59.2 Å². The summed E-state index contributed by atoms with van der Waals surface area (Å²) in [7, 11) is -1.83. The summed E-state index contributed by atoms with van der Waals surface area (Å²) in [5.41, 5.74) is 4.14. The second-order valence-electron chi connectivity index (χ2n) is 7.27. The molecule has 0 saturated carbocycles. The molecule has 2 rings (SSSR count). The summed E-state index contributed by atoms with van der Waals surface area (Å²) >= 11 is 0. The van der Waals surface area contributed by atoms with Crippen molar-refractivity contribution in [2.24, 2.45) is 0 Å². The summed E-state index contributed by atoms with van der Waals surface area (Å²) in [5, 5.41) is 2.99. The van der Waals surface area contributed by atoms with Crippen molar-refractivity contribution in [3.63, 3.8) is 0 Å². The van der Waals surface area contributed by atoms with E-state index < -0.39 is 16.1 Å². The van der Waals surface area contributed by atoms with Crippen LogP contribution in [0, 0.1) is 0 Å². The van der Waals surface area contributed by atoms with Crippen molar-refractivity contribution in [1.82, 2.24) is 5.32 Å². The number of aryl methyl sites for hydroxylation is 2. The van der Waals surface area contributed by atoms with Crippen molar-refractivity contribution in [2.75, 3.05) is 17.6 Å². The first-order valence-electron chi connectivity index (χ1n) is 10.3. The first-order chi connectivity index (χ1) is 14.2. The van der Waals surface area contributed by atoms with Crippen LogP contribution in [0.4, 0.5) is 5.69 Å². The molecule has 1 atom stereocenters. The molecule has 7 heteroatoms. The standard InChI is InChI=1S/C23H32N2O4S/c1-6-17-9-10-18(7-2)19(15-17)16-24-23(26)22(8-3)29-21-13-11-20(12-14-21)25(4)30(5,27)28/h9-15,22H,6-8,16H2,1-5H3,(H,24,26)/t22-/m1/s1. The number of carbonyl (C=O) groups is 1. The molecule has 30 heavy (non-hydrogen) atoms. The number of benzene rings is 2. The Bertz CT molecular complexity index is 956. The summed E-state index contributed by atoms with van der Waals surface area (Å²) < 4.78 is 30.3. The highest BCUT2D eigenvalue weighted by atomic mass is 32.2. The SMILES string of the molecule is CCc1ccc(CC)c(CNC(=O)[C@@H](CC)Oc2ccc(N(C)S(C)(=O)=O)cc2)c1. The predicted molar refractivity (Wildman–Crippen MR) is 121 cm³/mol. The number of amides is 1. The van der Waals surface area contributed by atoms with E-state index in [2.05, 4.69) is 37.4 Å². The van der Waals surface area contributed by atoms with Gasteiger partial charge < -0.3 is 10.1 Å². The van der Waals surface area contributed by atoms with Crippen molar-refractivity contribution in [3.8, 4) is 5.75 Å². The molecule has 0 aliphatic rings. The van der Waals surface area contributed by atoms with Gasteiger partial charge in [-0.1, -0.05) is 39.0 Å². The molecular weight excluding hydrogens is 400 g/mol. The van der Waals surface area contributed by atoms with Crippen LogP contribution in [0.5, 0.6) is 5.75 Å². The first kappa shape index (κ1) is 23.7. The zero-order valence-corrected chi connectivity index (χ0v) is 19.3. The average molecular weight is 433 g/mol. The normalized spacial score (nSPS) is 12.3. The second-order valence-corrected chi connectivity index (χ2v) is 9.28. The number of rotatable bonds is 10. The maximum atomic E-state index is 12.7. The molecule has 1 N–H and O–H groups in total. The van der Waals surface area contributed by atoms with Crippen molar-refractivity contribution in [2.45, 2.75) is 52.7 Å². The molecule has 2 aromatic rings. The van der Waals surface area contributed by atoms with E-state index in [0.29, 0.717) is 24.4 Å². The van der Waals surface area contributed by atoms with Crippen LogP contribution in [0.25, 0.3) is 0 Å². The largest absolute Gasteiger partial charge is 0.481 e. The van der Waals surface area contributed by atoms with Gasteiger partial charge in [-0.2, -0.15) is 0 Å². The summed E-state index contributed by atoms with van der Waals surface area (Å²) in [6.45, 7) is 6.58. The lowest BCUT2D eigenvalue weighted by atomic mass is 10.0. The monoisotopic (exact) mass is 432 g/mol. The number of carbonyl (C=O) groups excluding carboxylic acids is 1. The van der Waals surface area contributed by atoms with Crippen LogP contribution < -0.4 is 14.4 Å². The Balaban J connectivity index is 2.03. The minimum atomic E-state index is -3.33. The van der Waals surface area contributed by atoms with E-state index in [-0.39, 0.29) is 5.91 Å². The van der Waals surface area contributed by atoms with E-state index in [4.69, 9.17) is 4.74 Å². The van der Waals surface area contributed by atoms with Crippen LogP contribution in [0.2, 0.25) is 0 Å². The Morgan fingerprint density at radius 1 is 1.03 bits per heavy atom. The number of sulfonamides is 1. The van der Waals surface area contributed by atoms with E-state index in [0.717, 1.165) is 24.7 Å². The topological polar surface area (TPSA) is 75.7 Å². The fourth-order valence-electron chi connectivity index (χ4n) is 3.12. The van der Waals surface area contributed by atoms with Crippen molar-refractivity contribution in [1.29, 1.82) is 0 Å². The number of hydrogen-bond donors (Lipinski definition) is 1. The smallest absolute Gasteiger partial charge is 0.261 e. The molecule has 6 nitrogen and oxygen atoms in total. The van der Waals surface area contributed by atoms with Gasteiger partial charge >= 0.3 is 0 Å². The number of hydrogen-bond acceptors (Lipinski definition) is 4. The highest BCUT2D eigenvalue weighted by Gasteiger charge is 2.19. The number of ether oxygens (including phenoxy) is 1. The van der Waals surface area contributed by atoms with Crippen LogP contribution in [0.15, 0.2) is 42.5 Å². The zero-order valence-electron chi connectivity index (χ0n) is 18.4. The highest BCUT2D eigenvalue weighted by molar-refractivity contribution is 7.92. The van der Waals surface area contributed by atoms with Gasteiger partial charge in [0.1, 0.15) is 5.75 Å². The zero-order chi connectivity index (χ0) is 22.3.